The van der Waals surface area contributed by atoms with E-state index in [9.17, 15) is 4.79 Å². The number of carbonyl (C=O) groups is 1. The molecule has 0 aliphatic heterocycles. The number of fused-ring (bicyclic) bond motifs is 1. The fraction of sp³-hybridized carbons (Fsp3) is 0.188. The Morgan fingerprint density at radius 2 is 2.09 bits per heavy atom. The largest absolute Gasteiger partial charge is 0.462 e. The molecule has 118 valence electrons. The number of aryl methyl sites for hydroxylation is 1. The lowest BCUT2D eigenvalue weighted by atomic mass is 10.2. The summed E-state index contributed by atoms with van der Waals surface area (Å²) in [7, 11) is 0. The Kier molecular flexibility index (Phi) is 4.19. The number of rotatable bonds is 3. The van der Waals surface area contributed by atoms with Crippen LogP contribution < -0.4 is 5.73 Å². The fourth-order valence-electron chi connectivity index (χ4n) is 2.31. The van der Waals surface area contributed by atoms with Crippen molar-refractivity contribution in [3.05, 3.63) is 39.9 Å². The predicted octanol–water partition coefficient (Wildman–Crippen LogP) is 4.08. The maximum absolute atomic E-state index is 12.0. The molecule has 0 radical (unpaired) electrons. The topological polar surface area (TPSA) is 78.1 Å². The van der Waals surface area contributed by atoms with Crippen LogP contribution in [0.15, 0.2) is 24.3 Å². The Hall–Kier alpha value is -2.18. The Balaban J connectivity index is 2.19. The summed E-state index contributed by atoms with van der Waals surface area (Å²) in [5, 5.41) is 1.26. The second-order valence-electron chi connectivity index (χ2n) is 4.86. The van der Waals surface area contributed by atoms with Crippen molar-refractivity contribution in [1.29, 1.82) is 0 Å². The van der Waals surface area contributed by atoms with Gasteiger partial charge in [0, 0.05) is 5.56 Å². The second kappa shape index (κ2) is 6.14. The van der Waals surface area contributed by atoms with Crippen LogP contribution in [0.2, 0.25) is 5.02 Å². The number of nitrogens with two attached hydrogens (primary N) is 1. The first kappa shape index (κ1) is 15.7. The normalized spacial score (nSPS) is 10.9. The van der Waals surface area contributed by atoms with Crippen LogP contribution >= 0.6 is 22.9 Å². The van der Waals surface area contributed by atoms with E-state index in [2.05, 4.69) is 9.97 Å². The molecule has 3 rings (SSSR count). The van der Waals surface area contributed by atoms with Gasteiger partial charge < -0.3 is 10.5 Å². The molecule has 2 heterocycles. The molecule has 23 heavy (non-hydrogen) atoms. The van der Waals surface area contributed by atoms with E-state index in [1.807, 2.05) is 25.1 Å². The Morgan fingerprint density at radius 3 is 2.78 bits per heavy atom. The maximum atomic E-state index is 12.0. The summed E-state index contributed by atoms with van der Waals surface area (Å²) in [5.41, 5.74) is 7.90. The van der Waals surface area contributed by atoms with Crippen LogP contribution in [-0.4, -0.2) is 22.5 Å². The molecule has 5 nitrogen and oxygen atoms in total. The monoisotopic (exact) mass is 347 g/mol. The number of nitrogen functional groups attached to an aromatic ring is 1. The molecule has 1 aromatic carbocycles. The summed E-state index contributed by atoms with van der Waals surface area (Å²) >= 11 is 7.42. The van der Waals surface area contributed by atoms with Crippen molar-refractivity contribution in [2.75, 3.05) is 12.3 Å². The Bertz CT molecular complexity index is 908. The number of ether oxygens (including phenoxy) is 1. The van der Waals surface area contributed by atoms with Gasteiger partial charge in [-0.2, -0.15) is 0 Å². The number of benzene rings is 1. The number of halogens is 1. The van der Waals surface area contributed by atoms with Crippen molar-refractivity contribution in [3.63, 3.8) is 0 Å². The minimum atomic E-state index is -0.438. The molecule has 0 bridgehead atoms. The average molecular weight is 348 g/mol. The van der Waals surface area contributed by atoms with Crippen LogP contribution in [0.3, 0.4) is 0 Å². The zero-order valence-corrected chi connectivity index (χ0v) is 14.2. The number of hydrogen-bond donors (Lipinski definition) is 1. The van der Waals surface area contributed by atoms with E-state index in [0.29, 0.717) is 43.9 Å². The van der Waals surface area contributed by atoms with Gasteiger partial charge in [0.1, 0.15) is 9.71 Å². The van der Waals surface area contributed by atoms with Crippen molar-refractivity contribution in [3.8, 4) is 11.4 Å². The second-order valence-corrected chi connectivity index (χ2v) is 6.26. The third kappa shape index (κ3) is 2.75. The van der Waals surface area contributed by atoms with Crippen molar-refractivity contribution < 1.29 is 9.53 Å². The molecule has 0 saturated heterocycles. The number of thiophene rings is 1. The molecule has 2 N–H and O–H groups in total. The van der Waals surface area contributed by atoms with Gasteiger partial charge in [-0.1, -0.05) is 23.7 Å². The molecule has 0 aliphatic rings. The van der Waals surface area contributed by atoms with Gasteiger partial charge in [0.15, 0.2) is 5.82 Å². The van der Waals surface area contributed by atoms with Crippen LogP contribution in [0, 0.1) is 6.92 Å². The van der Waals surface area contributed by atoms with Gasteiger partial charge in [-0.05, 0) is 26.0 Å². The lowest BCUT2D eigenvalue weighted by Gasteiger charge is -2.05. The number of anilines is 1. The van der Waals surface area contributed by atoms with E-state index in [-0.39, 0.29) is 0 Å². The molecular weight excluding hydrogens is 334 g/mol. The molecule has 0 amide bonds. The summed E-state index contributed by atoms with van der Waals surface area (Å²) in [4.78, 5) is 22.0. The highest BCUT2D eigenvalue weighted by atomic mass is 35.5. The summed E-state index contributed by atoms with van der Waals surface area (Å²) < 4.78 is 5.03. The van der Waals surface area contributed by atoms with Gasteiger partial charge >= 0.3 is 5.97 Å². The van der Waals surface area contributed by atoms with E-state index in [1.165, 1.54) is 11.3 Å². The highest BCUT2D eigenvalue weighted by Crippen LogP contribution is 2.36. The number of aromatic nitrogens is 2. The third-order valence-corrected chi connectivity index (χ3v) is 4.75. The van der Waals surface area contributed by atoms with Crippen molar-refractivity contribution >= 4 is 44.8 Å². The maximum Gasteiger partial charge on any atom is 0.350 e. The van der Waals surface area contributed by atoms with Gasteiger partial charge in [0.2, 0.25) is 0 Å². The van der Waals surface area contributed by atoms with Gasteiger partial charge in [0.05, 0.1) is 28.4 Å². The molecule has 0 aliphatic carbocycles. The molecular formula is C16H14ClN3O2S. The third-order valence-electron chi connectivity index (χ3n) is 3.35. The number of carbonyl (C=O) groups excluding carboxylic acids is 1. The minimum Gasteiger partial charge on any atom is -0.462 e. The lowest BCUT2D eigenvalue weighted by Crippen LogP contribution is -2.05. The quantitative estimate of drug-likeness (QED) is 0.722. The molecule has 0 fully saturated rings. The van der Waals surface area contributed by atoms with Crippen LogP contribution in [0.25, 0.3) is 21.6 Å². The smallest absolute Gasteiger partial charge is 0.350 e. The first-order valence-electron chi connectivity index (χ1n) is 7.01. The molecule has 7 heteroatoms. The van der Waals surface area contributed by atoms with Crippen LogP contribution in [0.1, 0.15) is 22.3 Å². The molecule has 0 unspecified atom stereocenters. The summed E-state index contributed by atoms with van der Waals surface area (Å²) in [6, 6.07) is 7.36. The lowest BCUT2D eigenvalue weighted by molar-refractivity contribution is 0.0533. The van der Waals surface area contributed by atoms with E-state index in [1.54, 1.807) is 13.0 Å². The van der Waals surface area contributed by atoms with Gasteiger partial charge in [-0.3, -0.25) is 0 Å². The molecule has 2 aromatic heterocycles. The van der Waals surface area contributed by atoms with E-state index >= 15 is 0 Å². The SMILES string of the molecule is CCOC(=O)c1sc2nc(-c3ccccc3Cl)nc(C)c2c1N. The van der Waals surface area contributed by atoms with E-state index < -0.39 is 5.97 Å². The van der Waals surface area contributed by atoms with Crippen molar-refractivity contribution in [1.82, 2.24) is 9.97 Å². The van der Waals surface area contributed by atoms with Gasteiger partial charge in [0.25, 0.3) is 0 Å². The summed E-state index contributed by atoms with van der Waals surface area (Å²) in [6.07, 6.45) is 0. The predicted molar refractivity (Wildman–Crippen MR) is 93.0 cm³/mol. The Labute approximate surface area is 142 Å². The number of esters is 1. The zero-order chi connectivity index (χ0) is 16.6. The number of hydrogen-bond acceptors (Lipinski definition) is 6. The molecule has 0 spiro atoms. The highest BCUT2D eigenvalue weighted by Gasteiger charge is 2.21. The van der Waals surface area contributed by atoms with E-state index in [4.69, 9.17) is 22.1 Å². The zero-order valence-electron chi connectivity index (χ0n) is 12.6. The average Bonchev–Trinajstić information content (AvgIpc) is 2.85. The minimum absolute atomic E-state index is 0.294. The fourth-order valence-corrected chi connectivity index (χ4v) is 3.57. The first-order valence-corrected chi connectivity index (χ1v) is 8.21. The van der Waals surface area contributed by atoms with Crippen LogP contribution in [0.5, 0.6) is 0 Å². The van der Waals surface area contributed by atoms with Crippen LogP contribution in [0.4, 0.5) is 5.69 Å². The summed E-state index contributed by atoms with van der Waals surface area (Å²) in [5.74, 6) is 0.0731. The molecule has 0 atom stereocenters. The van der Waals surface area contributed by atoms with Gasteiger partial charge in [-0.25, -0.2) is 14.8 Å². The van der Waals surface area contributed by atoms with Crippen LogP contribution in [-0.2, 0) is 4.74 Å². The van der Waals surface area contributed by atoms with Crippen molar-refractivity contribution in [2.24, 2.45) is 0 Å². The highest BCUT2D eigenvalue weighted by molar-refractivity contribution is 7.21. The standard InChI is InChI=1S/C16H14ClN3O2S/c1-3-22-16(21)13-12(18)11-8(2)19-14(20-15(11)23-13)9-6-4-5-7-10(9)17/h4-7H,3,18H2,1-2H3. The molecule has 3 aromatic rings. The number of nitrogens with zero attached hydrogens (tertiary/aromatic N) is 2. The van der Waals surface area contributed by atoms with E-state index in [0.717, 1.165) is 5.56 Å². The van der Waals surface area contributed by atoms with Gasteiger partial charge in [-0.15, -0.1) is 11.3 Å². The van der Waals surface area contributed by atoms with Crippen molar-refractivity contribution in [2.45, 2.75) is 13.8 Å². The molecule has 0 saturated carbocycles. The first-order chi connectivity index (χ1) is 11.0. The Morgan fingerprint density at radius 1 is 1.35 bits per heavy atom. The summed E-state index contributed by atoms with van der Waals surface area (Å²) in [6.45, 7) is 3.88.